The van der Waals surface area contributed by atoms with Crippen molar-refractivity contribution in [3.8, 4) is 0 Å². The van der Waals surface area contributed by atoms with E-state index < -0.39 is 8.45 Å². The van der Waals surface area contributed by atoms with Crippen LogP contribution in [0.5, 0.6) is 0 Å². The predicted octanol–water partition coefficient (Wildman–Crippen LogP) is 5.81. The SMILES string of the molecule is CC(C)N(C(C)C)P(OCc1ccc(F)cc1)N(C(C)C)C(C)C. The molecule has 0 aliphatic carbocycles. The van der Waals surface area contributed by atoms with E-state index in [0.29, 0.717) is 30.8 Å². The van der Waals surface area contributed by atoms with Crippen LogP contribution in [0.2, 0.25) is 0 Å². The van der Waals surface area contributed by atoms with Crippen molar-refractivity contribution in [3.05, 3.63) is 35.6 Å². The molecule has 0 radical (unpaired) electrons. The van der Waals surface area contributed by atoms with Gasteiger partial charge in [0.25, 0.3) is 0 Å². The molecule has 0 fully saturated rings. The lowest BCUT2D eigenvalue weighted by Crippen LogP contribution is -2.43. The zero-order valence-electron chi connectivity index (χ0n) is 16.5. The molecule has 24 heavy (non-hydrogen) atoms. The van der Waals surface area contributed by atoms with Crippen molar-refractivity contribution in [1.29, 1.82) is 0 Å². The van der Waals surface area contributed by atoms with Crippen molar-refractivity contribution < 1.29 is 8.91 Å². The van der Waals surface area contributed by atoms with E-state index in [2.05, 4.69) is 64.7 Å². The first-order valence-corrected chi connectivity index (χ1v) is 10.1. The van der Waals surface area contributed by atoms with Crippen LogP contribution in [0, 0.1) is 5.82 Å². The van der Waals surface area contributed by atoms with Crippen LogP contribution in [0.3, 0.4) is 0 Å². The molecule has 138 valence electrons. The molecule has 0 saturated carbocycles. The van der Waals surface area contributed by atoms with E-state index in [-0.39, 0.29) is 5.82 Å². The fourth-order valence-corrected chi connectivity index (χ4v) is 5.30. The summed E-state index contributed by atoms with van der Waals surface area (Å²) >= 11 is 0. The smallest absolute Gasteiger partial charge is 0.189 e. The maximum absolute atomic E-state index is 13.1. The van der Waals surface area contributed by atoms with Crippen molar-refractivity contribution in [2.75, 3.05) is 0 Å². The lowest BCUT2D eigenvalue weighted by atomic mass is 10.2. The van der Waals surface area contributed by atoms with Crippen LogP contribution in [0.25, 0.3) is 0 Å². The first kappa shape index (κ1) is 21.5. The van der Waals surface area contributed by atoms with Crippen LogP contribution in [-0.4, -0.2) is 33.5 Å². The summed E-state index contributed by atoms with van der Waals surface area (Å²) in [5, 5.41) is 0. The Morgan fingerprint density at radius 3 is 1.50 bits per heavy atom. The normalized spacial score (nSPS) is 12.8. The third kappa shape index (κ3) is 6.07. The second kappa shape index (κ2) is 9.82. The Hall–Kier alpha value is -0.540. The quantitative estimate of drug-likeness (QED) is 0.520. The minimum atomic E-state index is -0.904. The Morgan fingerprint density at radius 1 is 0.792 bits per heavy atom. The van der Waals surface area contributed by atoms with Crippen LogP contribution < -0.4 is 0 Å². The van der Waals surface area contributed by atoms with Gasteiger partial charge < -0.3 is 4.52 Å². The van der Waals surface area contributed by atoms with Crippen molar-refractivity contribution in [1.82, 2.24) is 9.34 Å². The van der Waals surface area contributed by atoms with Gasteiger partial charge in [-0.1, -0.05) is 12.1 Å². The highest BCUT2D eigenvalue weighted by molar-refractivity contribution is 7.47. The Balaban J connectivity index is 3.04. The van der Waals surface area contributed by atoms with Crippen LogP contribution in [0.1, 0.15) is 61.0 Å². The summed E-state index contributed by atoms with van der Waals surface area (Å²) in [7, 11) is -0.904. The van der Waals surface area contributed by atoms with Crippen LogP contribution >= 0.6 is 8.45 Å². The highest BCUT2D eigenvalue weighted by Gasteiger charge is 2.34. The summed E-state index contributed by atoms with van der Waals surface area (Å²) in [5.74, 6) is -0.210. The van der Waals surface area contributed by atoms with Gasteiger partial charge in [-0.05, 0) is 73.1 Å². The lowest BCUT2D eigenvalue weighted by molar-refractivity contribution is 0.182. The Bertz CT molecular complexity index is 441. The molecule has 0 N–H and O–H groups in total. The van der Waals surface area contributed by atoms with E-state index in [9.17, 15) is 4.39 Å². The number of nitrogens with zero attached hydrogens (tertiary/aromatic N) is 2. The van der Waals surface area contributed by atoms with Crippen LogP contribution in [-0.2, 0) is 11.1 Å². The second-order valence-corrected chi connectivity index (χ2v) is 8.98. The molecule has 1 aromatic rings. The molecule has 0 saturated heterocycles. The molecule has 0 aliphatic heterocycles. The van der Waals surface area contributed by atoms with Gasteiger partial charge in [-0.15, -0.1) is 0 Å². The third-order valence-corrected chi connectivity index (χ3v) is 6.77. The van der Waals surface area contributed by atoms with E-state index in [0.717, 1.165) is 5.56 Å². The highest BCUT2D eigenvalue weighted by Crippen LogP contribution is 2.51. The maximum atomic E-state index is 13.1. The highest BCUT2D eigenvalue weighted by atomic mass is 31.2. The molecular weight excluding hydrogens is 322 g/mol. The topological polar surface area (TPSA) is 15.7 Å². The fraction of sp³-hybridized carbons (Fsp3) is 0.684. The third-order valence-electron chi connectivity index (χ3n) is 3.77. The van der Waals surface area contributed by atoms with Gasteiger partial charge in [-0.2, -0.15) is 0 Å². The zero-order valence-corrected chi connectivity index (χ0v) is 17.3. The molecule has 0 heterocycles. The van der Waals surface area contributed by atoms with Gasteiger partial charge in [0, 0.05) is 24.2 Å². The van der Waals surface area contributed by atoms with E-state index in [4.69, 9.17) is 4.52 Å². The molecular formula is C19H34FN2OP. The minimum absolute atomic E-state index is 0.210. The van der Waals surface area contributed by atoms with Crippen molar-refractivity contribution in [3.63, 3.8) is 0 Å². The maximum Gasteiger partial charge on any atom is 0.189 e. The van der Waals surface area contributed by atoms with E-state index in [1.165, 1.54) is 12.1 Å². The van der Waals surface area contributed by atoms with Gasteiger partial charge in [0.1, 0.15) is 5.82 Å². The number of hydrogen-bond acceptors (Lipinski definition) is 3. The average Bonchev–Trinajstić information content (AvgIpc) is 2.44. The summed E-state index contributed by atoms with van der Waals surface area (Å²) in [4.78, 5) is 0. The van der Waals surface area contributed by atoms with Gasteiger partial charge >= 0.3 is 0 Å². The standard InChI is InChI=1S/C19H34FN2OP/c1-14(2)21(15(3)4)24(22(16(5)6)17(7)8)23-13-18-9-11-19(20)12-10-18/h9-12,14-17H,13H2,1-8H3. The monoisotopic (exact) mass is 356 g/mol. The first-order chi connectivity index (χ1) is 11.1. The summed E-state index contributed by atoms with van der Waals surface area (Å²) < 4.78 is 24.5. The Morgan fingerprint density at radius 2 is 1.17 bits per heavy atom. The van der Waals surface area contributed by atoms with Gasteiger partial charge in [-0.25, -0.2) is 13.7 Å². The predicted molar refractivity (Wildman–Crippen MR) is 102 cm³/mol. The van der Waals surface area contributed by atoms with Gasteiger partial charge in [0.15, 0.2) is 8.45 Å². The van der Waals surface area contributed by atoms with Crippen molar-refractivity contribution in [2.24, 2.45) is 0 Å². The van der Waals surface area contributed by atoms with Gasteiger partial charge in [-0.3, -0.25) is 0 Å². The molecule has 0 aromatic heterocycles. The molecule has 5 heteroatoms. The van der Waals surface area contributed by atoms with Crippen molar-refractivity contribution >= 4 is 8.45 Å². The van der Waals surface area contributed by atoms with E-state index in [1.54, 1.807) is 12.1 Å². The average molecular weight is 356 g/mol. The largest absolute Gasteiger partial charge is 0.326 e. The summed E-state index contributed by atoms with van der Waals surface area (Å²) in [6, 6.07) is 8.15. The molecule has 0 spiro atoms. The van der Waals surface area contributed by atoms with Crippen LogP contribution in [0.4, 0.5) is 4.39 Å². The molecule has 0 atom stereocenters. The molecule has 1 rings (SSSR count). The fourth-order valence-electron chi connectivity index (χ4n) is 2.95. The first-order valence-electron chi connectivity index (χ1n) is 8.89. The summed E-state index contributed by atoms with van der Waals surface area (Å²) in [6.07, 6.45) is 0. The second-order valence-electron chi connectivity index (χ2n) is 7.29. The van der Waals surface area contributed by atoms with E-state index >= 15 is 0 Å². The molecule has 0 amide bonds. The minimum Gasteiger partial charge on any atom is -0.326 e. The lowest BCUT2D eigenvalue weighted by Gasteiger charge is -2.45. The zero-order chi connectivity index (χ0) is 18.4. The molecule has 1 aromatic carbocycles. The number of hydrogen-bond donors (Lipinski definition) is 0. The molecule has 0 aliphatic rings. The Kier molecular flexibility index (Phi) is 8.80. The molecule has 0 unspecified atom stereocenters. The Labute approximate surface area is 149 Å². The van der Waals surface area contributed by atoms with Crippen molar-refractivity contribution in [2.45, 2.75) is 86.2 Å². The summed E-state index contributed by atoms with van der Waals surface area (Å²) in [6.45, 7) is 18.2. The van der Waals surface area contributed by atoms with Crippen LogP contribution in [0.15, 0.2) is 24.3 Å². The number of rotatable bonds is 9. The number of halogens is 1. The molecule has 0 bridgehead atoms. The summed E-state index contributed by atoms with van der Waals surface area (Å²) in [5.41, 5.74) is 1.00. The van der Waals surface area contributed by atoms with E-state index in [1.807, 2.05) is 0 Å². The number of benzene rings is 1. The van der Waals surface area contributed by atoms with Gasteiger partial charge in [0.05, 0.1) is 6.61 Å². The molecule has 3 nitrogen and oxygen atoms in total. The van der Waals surface area contributed by atoms with Gasteiger partial charge in [0.2, 0.25) is 0 Å².